The number of nitrogens with zero attached hydrogens (tertiary/aromatic N) is 4. The monoisotopic (exact) mass is 366 g/mol. The van der Waals surface area contributed by atoms with E-state index in [2.05, 4.69) is 10.00 Å². The molecule has 0 spiro atoms. The van der Waals surface area contributed by atoms with Crippen LogP contribution in [-0.4, -0.2) is 51.7 Å². The molecule has 3 rings (SSSR count). The number of alkyl halides is 3. The first-order valence-electron chi connectivity index (χ1n) is 8.57. The van der Waals surface area contributed by atoms with Crippen molar-refractivity contribution in [2.24, 2.45) is 0 Å². The molecule has 1 amide bonds. The minimum absolute atomic E-state index is 0.0524. The summed E-state index contributed by atoms with van der Waals surface area (Å²) in [7, 11) is 0. The first-order chi connectivity index (χ1) is 12.4. The van der Waals surface area contributed by atoms with E-state index in [-0.39, 0.29) is 5.91 Å². The molecule has 26 heavy (non-hydrogen) atoms. The van der Waals surface area contributed by atoms with Gasteiger partial charge >= 0.3 is 6.18 Å². The molecular weight excluding hydrogens is 345 g/mol. The standard InChI is InChI=1S/C18H21F3N4O/c1-2-25-13-15(11-22-25)17(26)24-8-6-23(7-9-24)12-14-4-3-5-16(10-14)18(19,20)21/h3-5,10-11,13H,2,6-9,12H2,1H3. The average Bonchev–Trinajstić information content (AvgIpc) is 3.10. The molecule has 140 valence electrons. The van der Waals surface area contributed by atoms with E-state index in [4.69, 9.17) is 0 Å². The van der Waals surface area contributed by atoms with Crippen molar-refractivity contribution >= 4 is 5.91 Å². The summed E-state index contributed by atoms with van der Waals surface area (Å²) in [5.74, 6) is -0.0524. The van der Waals surface area contributed by atoms with Crippen LogP contribution in [0.2, 0.25) is 0 Å². The number of rotatable bonds is 4. The van der Waals surface area contributed by atoms with Gasteiger partial charge in [-0.25, -0.2) is 0 Å². The molecule has 8 heteroatoms. The smallest absolute Gasteiger partial charge is 0.336 e. The first kappa shape index (κ1) is 18.4. The van der Waals surface area contributed by atoms with Gasteiger partial charge in [0.25, 0.3) is 5.91 Å². The number of hydrogen-bond acceptors (Lipinski definition) is 3. The number of amides is 1. The van der Waals surface area contributed by atoms with Gasteiger partial charge in [0.2, 0.25) is 0 Å². The summed E-state index contributed by atoms with van der Waals surface area (Å²) in [5.41, 5.74) is 0.568. The second-order valence-corrected chi connectivity index (χ2v) is 6.35. The van der Waals surface area contributed by atoms with Crippen LogP contribution in [0, 0.1) is 0 Å². The van der Waals surface area contributed by atoms with Crippen LogP contribution in [0.3, 0.4) is 0 Å². The van der Waals surface area contributed by atoms with Crippen LogP contribution in [-0.2, 0) is 19.3 Å². The highest BCUT2D eigenvalue weighted by atomic mass is 19.4. The minimum Gasteiger partial charge on any atom is -0.336 e. The molecular formula is C18H21F3N4O. The lowest BCUT2D eigenvalue weighted by molar-refractivity contribution is -0.137. The van der Waals surface area contributed by atoms with Crippen molar-refractivity contribution in [1.82, 2.24) is 19.6 Å². The molecule has 0 radical (unpaired) electrons. The Morgan fingerprint density at radius 2 is 1.92 bits per heavy atom. The van der Waals surface area contributed by atoms with Gasteiger partial charge in [-0.2, -0.15) is 18.3 Å². The predicted molar refractivity (Wildman–Crippen MR) is 90.5 cm³/mol. The molecule has 0 saturated carbocycles. The average molecular weight is 366 g/mol. The van der Waals surface area contributed by atoms with E-state index < -0.39 is 11.7 Å². The number of carbonyl (C=O) groups is 1. The first-order valence-corrected chi connectivity index (χ1v) is 8.57. The Morgan fingerprint density at radius 3 is 2.54 bits per heavy atom. The molecule has 1 aromatic heterocycles. The third-order valence-electron chi connectivity index (χ3n) is 4.52. The van der Waals surface area contributed by atoms with Crippen LogP contribution in [0.25, 0.3) is 0 Å². The lowest BCUT2D eigenvalue weighted by Gasteiger charge is -2.34. The molecule has 1 aromatic carbocycles. The van der Waals surface area contributed by atoms with Gasteiger partial charge in [-0.05, 0) is 18.6 Å². The van der Waals surface area contributed by atoms with Crippen molar-refractivity contribution < 1.29 is 18.0 Å². The zero-order valence-corrected chi connectivity index (χ0v) is 14.5. The largest absolute Gasteiger partial charge is 0.416 e. The number of aryl methyl sites for hydroxylation is 1. The Morgan fingerprint density at radius 1 is 1.19 bits per heavy atom. The third-order valence-corrected chi connectivity index (χ3v) is 4.52. The zero-order valence-electron chi connectivity index (χ0n) is 14.5. The quantitative estimate of drug-likeness (QED) is 0.836. The van der Waals surface area contributed by atoms with Gasteiger partial charge in [0.1, 0.15) is 0 Å². The lowest BCUT2D eigenvalue weighted by atomic mass is 10.1. The number of aromatic nitrogens is 2. The summed E-state index contributed by atoms with van der Waals surface area (Å²) >= 11 is 0. The van der Waals surface area contributed by atoms with Crippen molar-refractivity contribution in [2.75, 3.05) is 26.2 Å². The highest BCUT2D eigenvalue weighted by Gasteiger charge is 2.30. The molecule has 5 nitrogen and oxygen atoms in total. The Hall–Kier alpha value is -2.35. The molecule has 0 bridgehead atoms. The van der Waals surface area contributed by atoms with E-state index >= 15 is 0 Å². The van der Waals surface area contributed by atoms with Crippen molar-refractivity contribution in [3.05, 3.63) is 53.3 Å². The molecule has 1 aliphatic heterocycles. The summed E-state index contributed by atoms with van der Waals surface area (Å²) in [6.45, 7) is 5.46. The second kappa shape index (κ2) is 7.49. The van der Waals surface area contributed by atoms with E-state index in [1.165, 1.54) is 12.1 Å². The summed E-state index contributed by atoms with van der Waals surface area (Å²) < 4.78 is 40.1. The fraction of sp³-hybridized carbons (Fsp3) is 0.444. The molecule has 0 atom stereocenters. The summed E-state index contributed by atoms with van der Waals surface area (Å²) in [4.78, 5) is 16.3. The van der Waals surface area contributed by atoms with Crippen molar-refractivity contribution in [1.29, 1.82) is 0 Å². The van der Waals surface area contributed by atoms with Crippen molar-refractivity contribution in [3.63, 3.8) is 0 Å². The molecule has 1 aliphatic rings. The number of halogens is 3. The Labute approximate surface area is 150 Å². The van der Waals surface area contributed by atoms with Gasteiger partial charge in [0, 0.05) is 45.5 Å². The fourth-order valence-electron chi connectivity index (χ4n) is 3.04. The van der Waals surface area contributed by atoms with Crippen LogP contribution in [0.15, 0.2) is 36.7 Å². The molecule has 2 heterocycles. The van der Waals surface area contributed by atoms with E-state index in [1.807, 2.05) is 6.92 Å². The van der Waals surface area contributed by atoms with Crippen molar-refractivity contribution in [3.8, 4) is 0 Å². The second-order valence-electron chi connectivity index (χ2n) is 6.35. The van der Waals surface area contributed by atoms with Crippen molar-refractivity contribution in [2.45, 2.75) is 26.2 Å². The van der Waals surface area contributed by atoms with Crippen LogP contribution in [0.5, 0.6) is 0 Å². The molecule has 0 N–H and O–H groups in total. The molecule has 1 fully saturated rings. The SMILES string of the molecule is CCn1cc(C(=O)N2CCN(Cc3cccc(C(F)(F)F)c3)CC2)cn1. The zero-order chi connectivity index (χ0) is 18.7. The molecule has 2 aromatic rings. The summed E-state index contributed by atoms with van der Waals surface area (Å²) in [5, 5.41) is 4.12. The normalized spacial score (nSPS) is 16.1. The number of benzene rings is 1. The number of piperazine rings is 1. The van der Waals surface area contributed by atoms with Crippen LogP contribution in [0.1, 0.15) is 28.4 Å². The number of carbonyl (C=O) groups excluding carboxylic acids is 1. The third kappa shape index (κ3) is 4.24. The summed E-state index contributed by atoms with van der Waals surface area (Å²) in [6, 6.07) is 5.41. The molecule has 0 unspecified atom stereocenters. The minimum atomic E-state index is -4.33. The van der Waals surface area contributed by atoms with E-state index in [0.29, 0.717) is 50.4 Å². The Bertz CT molecular complexity index is 764. The fourth-order valence-corrected chi connectivity index (χ4v) is 3.04. The number of hydrogen-bond donors (Lipinski definition) is 0. The van der Waals surface area contributed by atoms with Crippen LogP contribution in [0.4, 0.5) is 13.2 Å². The highest BCUT2D eigenvalue weighted by molar-refractivity contribution is 5.93. The maximum absolute atomic E-state index is 12.8. The highest BCUT2D eigenvalue weighted by Crippen LogP contribution is 2.29. The Kier molecular flexibility index (Phi) is 5.31. The summed E-state index contributed by atoms with van der Waals surface area (Å²) in [6.07, 6.45) is -1.03. The van der Waals surface area contributed by atoms with Gasteiger partial charge < -0.3 is 4.90 Å². The van der Waals surface area contributed by atoms with E-state index in [9.17, 15) is 18.0 Å². The Balaban J connectivity index is 1.56. The molecule has 1 saturated heterocycles. The molecule has 0 aliphatic carbocycles. The van der Waals surface area contributed by atoms with Gasteiger partial charge in [-0.3, -0.25) is 14.4 Å². The maximum Gasteiger partial charge on any atom is 0.416 e. The van der Waals surface area contributed by atoms with Gasteiger partial charge in [-0.1, -0.05) is 18.2 Å². The predicted octanol–water partition coefficient (Wildman–Crippen LogP) is 2.88. The van der Waals surface area contributed by atoms with Gasteiger partial charge in [0.15, 0.2) is 0 Å². The van der Waals surface area contributed by atoms with E-state index in [0.717, 1.165) is 6.07 Å². The lowest BCUT2D eigenvalue weighted by Crippen LogP contribution is -2.48. The topological polar surface area (TPSA) is 41.4 Å². The maximum atomic E-state index is 12.8. The van der Waals surface area contributed by atoms with Crippen LogP contribution < -0.4 is 0 Å². The van der Waals surface area contributed by atoms with E-state index in [1.54, 1.807) is 28.0 Å². The van der Waals surface area contributed by atoms with Gasteiger partial charge in [-0.15, -0.1) is 0 Å². The van der Waals surface area contributed by atoms with Gasteiger partial charge in [0.05, 0.1) is 17.3 Å². The van der Waals surface area contributed by atoms with Crippen LogP contribution >= 0.6 is 0 Å².